The van der Waals surface area contributed by atoms with Gasteiger partial charge in [-0.2, -0.15) is 0 Å². The maximum Gasteiger partial charge on any atom is 0.0139 e. The molecule has 2 heterocycles. The molecule has 0 aliphatic carbocycles. The van der Waals surface area contributed by atoms with Crippen molar-refractivity contribution in [2.75, 3.05) is 0 Å². The molecule has 1 heteroatoms. The topological polar surface area (TPSA) is 12.0 Å². The molecule has 3 unspecified atom stereocenters. The quantitative estimate of drug-likeness (QED) is 0.712. The fourth-order valence-corrected chi connectivity index (χ4v) is 3.08. The average molecular weight is 187 g/mol. The van der Waals surface area contributed by atoms with Gasteiger partial charge in [-0.3, -0.25) is 0 Å². The van der Waals surface area contributed by atoms with Gasteiger partial charge in [-0.15, -0.1) is 0 Å². The van der Waals surface area contributed by atoms with Crippen molar-refractivity contribution in [2.45, 2.75) is 43.7 Å². The van der Waals surface area contributed by atoms with Gasteiger partial charge >= 0.3 is 0 Å². The van der Waals surface area contributed by atoms with Crippen LogP contribution in [-0.2, 0) is 0 Å². The maximum atomic E-state index is 3.74. The fourth-order valence-electron chi connectivity index (χ4n) is 3.08. The van der Waals surface area contributed by atoms with Gasteiger partial charge in [0, 0.05) is 12.1 Å². The number of nitrogens with one attached hydrogen (secondary N) is 1. The lowest BCUT2D eigenvalue weighted by Gasteiger charge is -2.30. The second kappa shape index (κ2) is 3.39. The smallest absolute Gasteiger partial charge is 0.0139 e. The Labute approximate surface area is 85.5 Å². The third kappa shape index (κ3) is 1.36. The molecule has 1 N–H and O–H groups in total. The van der Waals surface area contributed by atoms with Crippen molar-refractivity contribution in [2.24, 2.45) is 0 Å². The van der Waals surface area contributed by atoms with Crippen LogP contribution in [0.1, 0.15) is 37.2 Å². The van der Waals surface area contributed by atoms with E-state index in [1.165, 1.54) is 31.2 Å². The highest BCUT2D eigenvalue weighted by atomic mass is 15.0. The Morgan fingerprint density at radius 2 is 1.71 bits per heavy atom. The summed E-state index contributed by atoms with van der Waals surface area (Å²) < 4.78 is 0. The van der Waals surface area contributed by atoms with Crippen LogP contribution in [0.2, 0.25) is 0 Å². The summed E-state index contributed by atoms with van der Waals surface area (Å²) in [6.45, 7) is 0. The fraction of sp³-hybridized carbons (Fsp3) is 0.538. The molecule has 2 saturated heterocycles. The molecule has 2 aliphatic heterocycles. The zero-order valence-corrected chi connectivity index (χ0v) is 8.45. The molecular weight excluding hydrogens is 170 g/mol. The summed E-state index contributed by atoms with van der Waals surface area (Å²) in [4.78, 5) is 0. The largest absolute Gasteiger partial charge is 0.311 e. The van der Waals surface area contributed by atoms with Gasteiger partial charge in [0.05, 0.1) is 0 Å². The summed E-state index contributed by atoms with van der Waals surface area (Å²) in [6.07, 6.45) is 5.53. The van der Waals surface area contributed by atoms with E-state index in [0.29, 0.717) is 0 Å². The Kier molecular flexibility index (Phi) is 2.06. The van der Waals surface area contributed by atoms with E-state index in [4.69, 9.17) is 0 Å². The van der Waals surface area contributed by atoms with E-state index in [1.807, 2.05) is 0 Å². The highest BCUT2D eigenvalue weighted by Gasteiger charge is 2.35. The number of rotatable bonds is 1. The van der Waals surface area contributed by atoms with E-state index in [0.717, 1.165) is 18.0 Å². The molecule has 1 nitrogen and oxygen atoms in total. The minimum absolute atomic E-state index is 0.760. The minimum atomic E-state index is 0.760. The Hall–Kier alpha value is -0.820. The third-order valence-corrected chi connectivity index (χ3v) is 3.82. The van der Waals surface area contributed by atoms with Gasteiger partial charge in [0.25, 0.3) is 0 Å². The van der Waals surface area contributed by atoms with E-state index >= 15 is 0 Å². The van der Waals surface area contributed by atoms with Crippen molar-refractivity contribution in [1.82, 2.24) is 5.32 Å². The Bertz CT molecular complexity index is 306. The zero-order chi connectivity index (χ0) is 9.38. The van der Waals surface area contributed by atoms with E-state index in [1.54, 1.807) is 0 Å². The minimum Gasteiger partial charge on any atom is -0.311 e. The number of benzene rings is 1. The molecule has 1 aromatic carbocycles. The van der Waals surface area contributed by atoms with E-state index in [-0.39, 0.29) is 0 Å². The monoisotopic (exact) mass is 187 g/mol. The van der Waals surface area contributed by atoms with Crippen LogP contribution in [0.15, 0.2) is 30.3 Å². The summed E-state index contributed by atoms with van der Waals surface area (Å²) in [7, 11) is 0. The van der Waals surface area contributed by atoms with Crippen LogP contribution in [0.4, 0.5) is 0 Å². The van der Waals surface area contributed by atoms with Crippen molar-refractivity contribution < 1.29 is 0 Å². The van der Waals surface area contributed by atoms with E-state index < -0.39 is 0 Å². The van der Waals surface area contributed by atoms with Crippen LogP contribution < -0.4 is 5.32 Å². The van der Waals surface area contributed by atoms with Crippen LogP contribution in [0, 0.1) is 0 Å². The Morgan fingerprint density at radius 3 is 2.57 bits per heavy atom. The first-order valence-electron chi connectivity index (χ1n) is 5.74. The Morgan fingerprint density at radius 1 is 0.929 bits per heavy atom. The van der Waals surface area contributed by atoms with Crippen molar-refractivity contribution in [3.8, 4) is 0 Å². The predicted octanol–water partition coefficient (Wildman–Crippen LogP) is 2.68. The molecule has 74 valence electrons. The molecule has 1 aromatic rings. The van der Waals surface area contributed by atoms with Crippen LogP contribution in [-0.4, -0.2) is 12.1 Å². The summed E-state index contributed by atoms with van der Waals surface area (Å²) >= 11 is 0. The zero-order valence-electron chi connectivity index (χ0n) is 8.45. The lowest BCUT2D eigenvalue weighted by molar-refractivity contribution is 0.359. The molecule has 0 amide bonds. The van der Waals surface area contributed by atoms with Gasteiger partial charge in [0.15, 0.2) is 0 Å². The molecule has 0 aromatic heterocycles. The lowest BCUT2D eigenvalue weighted by atomic mass is 9.86. The first kappa shape index (κ1) is 8.49. The number of fused-ring (bicyclic) bond motifs is 2. The Balaban J connectivity index is 1.85. The molecule has 0 saturated carbocycles. The van der Waals surface area contributed by atoms with Gasteiger partial charge in [0.2, 0.25) is 0 Å². The summed E-state index contributed by atoms with van der Waals surface area (Å²) in [5.74, 6) is 0.773. The van der Waals surface area contributed by atoms with Gasteiger partial charge in [-0.05, 0) is 37.2 Å². The van der Waals surface area contributed by atoms with Crippen LogP contribution in [0.25, 0.3) is 0 Å². The number of hydrogen-bond acceptors (Lipinski definition) is 1. The molecule has 2 fully saturated rings. The van der Waals surface area contributed by atoms with Crippen molar-refractivity contribution in [3.63, 3.8) is 0 Å². The lowest BCUT2D eigenvalue weighted by Crippen LogP contribution is -2.38. The molecule has 2 aliphatic rings. The second-order valence-electron chi connectivity index (χ2n) is 4.64. The molecule has 2 bridgehead atoms. The molecule has 0 radical (unpaired) electrons. The molecule has 14 heavy (non-hydrogen) atoms. The second-order valence-corrected chi connectivity index (χ2v) is 4.64. The summed E-state index contributed by atoms with van der Waals surface area (Å²) in [5, 5.41) is 3.74. The normalized spacial score (nSPS) is 35.9. The highest BCUT2D eigenvalue weighted by molar-refractivity contribution is 5.23. The van der Waals surface area contributed by atoms with Crippen LogP contribution in [0.3, 0.4) is 0 Å². The van der Waals surface area contributed by atoms with Gasteiger partial charge in [-0.25, -0.2) is 0 Å². The highest BCUT2D eigenvalue weighted by Crippen LogP contribution is 2.37. The van der Waals surface area contributed by atoms with E-state index in [9.17, 15) is 0 Å². The average Bonchev–Trinajstić information content (AvgIpc) is 2.62. The van der Waals surface area contributed by atoms with Crippen molar-refractivity contribution in [1.29, 1.82) is 0 Å². The molecule has 3 rings (SSSR count). The van der Waals surface area contributed by atoms with Gasteiger partial charge in [0.1, 0.15) is 0 Å². The van der Waals surface area contributed by atoms with E-state index in [2.05, 4.69) is 35.6 Å². The number of piperidine rings is 1. The first-order valence-corrected chi connectivity index (χ1v) is 5.74. The van der Waals surface area contributed by atoms with Crippen LogP contribution >= 0.6 is 0 Å². The number of hydrogen-bond donors (Lipinski definition) is 1. The standard InChI is InChI=1S/C13H17N/c1-2-4-10(5-3-1)12-8-6-11-7-9-13(12)14-11/h1-5,11-14H,6-9H2. The SMILES string of the molecule is c1ccc(C2CCC3CCC2N3)cc1. The molecule has 3 atom stereocenters. The molecule has 0 spiro atoms. The molecular formula is C13H17N. The van der Waals surface area contributed by atoms with Crippen LogP contribution in [0.5, 0.6) is 0 Å². The van der Waals surface area contributed by atoms with Crippen molar-refractivity contribution in [3.05, 3.63) is 35.9 Å². The van der Waals surface area contributed by atoms with Gasteiger partial charge < -0.3 is 5.32 Å². The maximum absolute atomic E-state index is 3.74. The van der Waals surface area contributed by atoms with Crippen molar-refractivity contribution >= 4 is 0 Å². The third-order valence-electron chi connectivity index (χ3n) is 3.82. The predicted molar refractivity (Wildman–Crippen MR) is 58.4 cm³/mol. The van der Waals surface area contributed by atoms with Gasteiger partial charge in [-0.1, -0.05) is 30.3 Å². The summed E-state index contributed by atoms with van der Waals surface area (Å²) in [5.41, 5.74) is 1.53. The first-order chi connectivity index (χ1) is 6.93. The summed E-state index contributed by atoms with van der Waals surface area (Å²) in [6, 6.07) is 12.6.